The first-order chi connectivity index (χ1) is 16.2. The lowest BCUT2D eigenvalue weighted by atomic mass is 10.0. The molecule has 9 heteroatoms. The van der Waals surface area contributed by atoms with Gasteiger partial charge in [-0.1, -0.05) is 13.8 Å². The van der Waals surface area contributed by atoms with E-state index in [-0.39, 0.29) is 17.7 Å². The lowest BCUT2D eigenvalue weighted by Gasteiger charge is -2.18. The van der Waals surface area contributed by atoms with Gasteiger partial charge in [-0.15, -0.1) is 0 Å². The number of aryl methyl sites for hydroxylation is 1. The molecule has 0 saturated heterocycles. The first kappa shape index (κ1) is 25.2. The summed E-state index contributed by atoms with van der Waals surface area (Å²) in [5.41, 5.74) is 4.82. The highest BCUT2D eigenvalue weighted by Gasteiger charge is 2.27. The van der Waals surface area contributed by atoms with Crippen LogP contribution in [0.4, 0.5) is 5.69 Å². The van der Waals surface area contributed by atoms with E-state index in [4.69, 9.17) is 4.84 Å². The molecule has 0 atom stereocenters. The Morgan fingerprint density at radius 3 is 2.53 bits per heavy atom. The summed E-state index contributed by atoms with van der Waals surface area (Å²) >= 11 is 0. The molecule has 0 fully saturated rings. The maximum atomic E-state index is 12.9. The zero-order valence-electron chi connectivity index (χ0n) is 20.7. The molecule has 3 amide bonds. The molecule has 0 aliphatic carbocycles. The van der Waals surface area contributed by atoms with Crippen molar-refractivity contribution in [2.24, 2.45) is 0 Å². The van der Waals surface area contributed by atoms with E-state index >= 15 is 0 Å². The van der Waals surface area contributed by atoms with Crippen LogP contribution in [0, 0.1) is 13.8 Å². The largest absolute Gasteiger partial charge is 0.358 e. The highest BCUT2D eigenvalue weighted by Crippen LogP contribution is 2.35. The third kappa shape index (κ3) is 5.05. The SMILES string of the molecule is CCN(CC)CCNC(=O)c1c(C)[nH]c(C=C2C(=O)Nc3ccc(C(=O)N(C)OC)cc32)c1C. The van der Waals surface area contributed by atoms with Gasteiger partial charge >= 0.3 is 0 Å². The Labute approximate surface area is 200 Å². The molecule has 0 spiro atoms. The van der Waals surface area contributed by atoms with E-state index in [1.54, 1.807) is 24.3 Å². The lowest BCUT2D eigenvalue weighted by Crippen LogP contribution is -2.35. The summed E-state index contributed by atoms with van der Waals surface area (Å²) in [4.78, 5) is 48.5. The first-order valence-electron chi connectivity index (χ1n) is 11.4. The van der Waals surface area contributed by atoms with Gasteiger partial charge in [-0.25, -0.2) is 5.06 Å². The number of carbonyl (C=O) groups is 3. The summed E-state index contributed by atoms with van der Waals surface area (Å²) in [5, 5.41) is 6.95. The molecule has 3 rings (SSSR count). The number of hydroxylamine groups is 2. The van der Waals surface area contributed by atoms with E-state index in [2.05, 4.69) is 34.4 Å². The number of hydrogen-bond donors (Lipinski definition) is 3. The van der Waals surface area contributed by atoms with Gasteiger partial charge in [-0.05, 0) is 56.8 Å². The summed E-state index contributed by atoms with van der Waals surface area (Å²) in [6, 6.07) is 5.01. The standard InChI is InChI=1S/C25H33N5O4/c1-7-30(8-2)12-11-26-24(32)22-15(3)21(27-16(22)4)14-19-18-13-17(25(33)29(5)34-6)9-10-20(18)28-23(19)31/h9-10,13-14,27H,7-8,11-12H2,1-6H3,(H,26,32)(H,28,31). The van der Waals surface area contributed by atoms with Gasteiger partial charge in [0.2, 0.25) is 0 Å². The van der Waals surface area contributed by atoms with E-state index in [1.807, 2.05) is 13.8 Å². The topological polar surface area (TPSA) is 107 Å². The number of likely N-dealkylation sites (N-methyl/N-ethyl adjacent to an activating group) is 1. The number of aromatic amines is 1. The van der Waals surface area contributed by atoms with E-state index in [0.29, 0.717) is 40.2 Å². The normalized spacial score (nSPS) is 13.9. The lowest BCUT2D eigenvalue weighted by molar-refractivity contribution is -0.110. The van der Waals surface area contributed by atoms with Gasteiger partial charge in [0.05, 0.1) is 18.2 Å². The highest BCUT2D eigenvalue weighted by atomic mass is 16.7. The van der Waals surface area contributed by atoms with Crippen LogP contribution >= 0.6 is 0 Å². The maximum Gasteiger partial charge on any atom is 0.277 e. The number of nitrogens with zero attached hydrogens (tertiary/aromatic N) is 2. The monoisotopic (exact) mass is 467 g/mol. The van der Waals surface area contributed by atoms with Gasteiger partial charge in [0, 0.05) is 48.3 Å². The molecule has 0 radical (unpaired) electrons. The van der Waals surface area contributed by atoms with Gasteiger partial charge in [-0.2, -0.15) is 0 Å². The van der Waals surface area contributed by atoms with Crippen LogP contribution in [0.3, 0.4) is 0 Å². The van der Waals surface area contributed by atoms with Crippen molar-refractivity contribution >= 4 is 35.1 Å². The van der Waals surface area contributed by atoms with Gasteiger partial charge < -0.3 is 20.5 Å². The molecule has 3 N–H and O–H groups in total. The Balaban J connectivity index is 1.88. The van der Waals surface area contributed by atoms with Crippen LogP contribution in [0.5, 0.6) is 0 Å². The molecule has 0 saturated carbocycles. The average Bonchev–Trinajstić information content (AvgIpc) is 3.29. The van der Waals surface area contributed by atoms with Gasteiger partial charge in [-0.3, -0.25) is 19.2 Å². The zero-order valence-corrected chi connectivity index (χ0v) is 20.7. The molecule has 9 nitrogen and oxygen atoms in total. The highest BCUT2D eigenvalue weighted by molar-refractivity contribution is 6.35. The van der Waals surface area contributed by atoms with Gasteiger partial charge in [0.1, 0.15) is 0 Å². The number of fused-ring (bicyclic) bond motifs is 1. The molecule has 182 valence electrons. The number of rotatable bonds is 9. The third-order valence-corrected chi connectivity index (χ3v) is 6.21. The number of nitrogens with one attached hydrogen (secondary N) is 3. The van der Waals surface area contributed by atoms with Crippen molar-refractivity contribution in [2.75, 3.05) is 45.7 Å². The summed E-state index contributed by atoms with van der Waals surface area (Å²) in [7, 11) is 2.94. The van der Waals surface area contributed by atoms with Crippen LogP contribution < -0.4 is 10.6 Å². The minimum absolute atomic E-state index is 0.144. The van der Waals surface area contributed by atoms with Crippen LogP contribution in [0.2, 0.25) is 0 Å². The molecule has 1 aromatic carbocycles. The average molecular weight is 468 g/mol. The summed E-state index contributed by atoms with van der Waals surface area (Å²) in [5.74, 6) is -0.731. The molecular formula is C25H33N5O4. The predicted molar refractivity (Wildman–Crippen MR) is 132 cm³/mol. The molecule has 1 aliphatic heterocycles. The van der Waals surface area contributed by atoms with E-state index < -0.39 is 0 Å². The number of H-pyrrole nitrogens is 1. The number of amides is 3. The Bertz CT molecular complexity index is 1130. The van der Waals surface area contributed by atoms with Crippen molar-refractivity contribution in [1.29, 1.82) is 0 Å². The molecule has 0 unspecified atom stereocenters. The quantitative estimate of drug-likeness (QED) is 0.388. The number of hydrogen-bond acceptors (Lipinski definition) is 5. The second kappa shape index (κ2) is 10.7. The second-order valence-corrected chi connectivity index (χ2v) is 8.20. The van der Waals surface area contributed by atoms with Crippen LogP contribution in [-0.4, -0.2) is 73.0 Å². The number of anilines is 1. The van der Waals surface area contributed by atoms with Crippen LogP contribution in [0.1, 0.15) is 57.1 Å². The van der Waals surface area contributed by atoms with Gasteiger partial charge in [0.25, 0.3) is 17.7 Å². The molecule has 2 heterocycles. The summed E-state index contributed by atoms with van der Waals surface area (Å²) in [6.07, 6.45) is 1.73. The third-order valence-electron chi connectivity index (χ3n) is 6.21. The fourth-order valence-electron chi connectivity index (χ4n) is 4.09. The van der Waals surface area contributed by atoms with Crippen LogP contribution in [0.15, 0.2) is 18.2 Å². The zero-order chi connectivity index (χ0) is 25.0. The Morgan fingerprint density at radius 1 is 1.18 bits per heavy atom. The van der Waals surface area contributed by atoms with E-state index in [0.717, 1.165) is 36.0 Å². The van der Waals surface area contributed by atoms with Crippen molar-refractivity contribution < 1.29 is 19.2 Å². The number of carbonyl (C=O) groups excluding carboxylic acids is 3. The Morgan fingerprint density at radius 2 is 1.88 bits per heavy atom. The molecule has 1 aromatic heterocycles. The molecule has 2 aromatic rings. The number of aromatic nitrogens is 1. The van der Waals surface area contributed by atoms with Crippen molar-refractivity contribution in [3.8, 4) is 0 Å². The van der Waals surface area contributed by atoms with Crippen LogP contribution in [0.25, 0.3) is 11.6 Å². The van der Waals surface area contributed by atoms with E-state index in [9.17, 15) is 14.4 Å². The molecule has 0 bridgehead atoms. The van der Waals surface area contributed by atoms with Gasteiger partial charge in [0.15, 0.2) is 0 Å². The van der Waals surface area contributed by atoms with Crippen molar-refractivity contribution in [3.05, 3.63) is 51.8 Å². The smallest absolute Gasteiger partial charge is 0.277 e. The predicted octanol–water partition coefficient (Wildman–Crippen LogP) is 2.83. The molecule has 1 aliphatic rings. The van der Waals surface area contributed by atoms with Crippen molar-refractivity contribution in [3.63, 3.8) is 0 Å². The second-order valence-electron chi connectivity index (χ2n) is 8.20. The Kier molecular flexibility index (Phi) is 7.90. The van der Waals surface area contributed by atoms with Crippen molar-refractivity contribution in [2.45, 2.75) is 27.7 Å². The van der Waals surface area contributed by atoms with Crippen LogP contribution in [-0.2, 0) is 9.63 Å². The maximum absolute atomic E-state index is 12.9. The minimum atomic E-state index is -0.320. The fraction of sp³-hybridized carbons (Fsp3) is 0.400. The first-order valence-corrected chi connectivity index (χ1v) is 11.4. The van der Waals surface area contributed by atoms with Crippen molar-refractivity contribution in [1.82, 2.24) is 20.3 Å². The molecular weight excluding hydrogens is 434 g/mol. The summed E-state index contributed by atoms with van der Waals surface area (Å²) < 4.78 is 0. The van der Waals surface area contributed by atoms with E-state index in [1.165, 1.54) is 14.2 Å². The Hall–Kier alpha value is -3.43. The molecule has 34 heavy (non-hydrogen) atoms. The number of benzene rings is 1. The minimum Gasteiger partial charge on any atom is -0.358 e. The fourth-order valence-corrected chi connectivity index (χ4v) is 4.09. The summed E-state index contributed by atoms with van der Waals surface area (Å²) in [6.45, 7) is 11.1.